The van der Waals surface area contributed by atoms with Crippen LogP contribution in [0.2, 0.25) is 0 Å². The second-order valence-electron chi connectivity index (χ2n) is 3.47. The highest BCUT2D eigenvalue weighted by molar-refractivity contribution is 7.91. The van der Waals surface area contributed by atoms with Gasteiger partial charge < -0.3 is 10.3 Å². The van der Waals surface area contributed by atoms with Crippen molar-refractivity contribution in [2.45, 2.75) is 24.3 Å². The number of sulfone groups is 1. The van der Waals surface area contributed by atoms with E-state index in [0.29, 0.717) is 24.0 Å². The largest absolute Gasteiger partial charge is 0.618 e. The van der Waals surface area contributed by atoms with Gasteiger partial charge in [0.15, 0.2) is 6.20 Å². The summed E-state index contributed by atoms with van der Waals surface area (Å²) in [5.74, 6) is -0.0563. The van der Waals surface area contributed by atoms with Gasteiger partial charge >= 0.3 is 5.03 Å². The number of pyridine rings is 1. The Morgan fingerprint density at radius 1 is 1.25 bits per heavy atom. The molecule has 6 heteroatoms. The van der Waals surface area contributed by atoms with E-state index >= 15 is 0 Å². The first-order chi connectivity index (χ1) is 7.58. The minimum Gasteiger partial charge on any atom is -0.618 e. The lowest BCUT2D eigenvalue weighted by molar-refractivity contribution is -0.646. The maximum atomic E-state index is 11.7. The Bertz CT molecular complexity index is 430. The van der Waals surface area contributed by atoms with Crippen LogP contribution in [0.15, 0.2) is 29.4 Å². The quantitative estimate of drug-likeness (QED) is 0.442. The van der Waals surface area contributed by atoms with E-state index in [4.69, 9.17) is 5.11 Å². The molecule has 0 atom stereocenters. The number of unbranched alkanes of at least 4 members (excludes halogenated alkanes) is 2. The lowest BCUT2D eigenvalue weighted by atomic mass is 10.3. The summed E-state index contributed by atoms with van der Waals surface area (Å²) in [6.07, 6.45) is 2.85. The molecule has 0 fully saturated rings. The zero-order valence-electron chi connectivity index (χ0n) is 8.87. The second-order valence-corrected chi connectivity index (χ2v) is 5.52. The summed E-state index contributed by atoms with van der Waals surface area (Å²) in [5.41, 5.74) is 0. The number of aromatic nitrogens is 1. The van der Waals surface area contributed by atoms with Gasteiger partial charge in [-0.15, -0.1) is 0 Å². The van der Waals surface area contributed by atoms with Crippen molar-refractivity contribution in [2.24, 2.45) is 0 Å². The summed E-state index contributed by atoms with van der Waals surface area (Å²) in [6, 6.07) is 4.31. The molecule has 1 aromatic heterocycles. The monoisotopic (exact) mass is 245 g/mol. The number of aliphatic hydroxyl groups excluding tert-OH is 1. The van der Waals surface area contributed by atoms with Crippen molar-refractivity contribution in [3.63, 3.8) is 0 Å². The van der Waals surface area contributed by atoms with Crippen molar-refractivity contribution >= 4 is 9.84 Å². The first-order valence-corrected chi connectivity index (χ1v) is 6.75. The Morgan fingerprint density at radius 3 is 2.62 bits per heavy atom. The molecule has 16 heavy (non-hydrogen) atoms. The minimum absolute atomic E-state index is 0.0563. The second kappa shape index (κ2) is 5.81. The van der Waals surface area contributed by atoms with E-state index in [0.717, 1.165) is 0 Å². The molecule has 0 unspecified atom stereocenters. The Labute approximate surface area is 94.9 Å². The number of aliphatic hydroxyl groups is 1. The lowest BCUT2D eigenvalue weighted by Gasteiger charge is -2.04. The van der Waals surface area contributed by atoms with Crippen LogP contribution in [0.5, 0.6) is 0 Å². The van der Waals surface area contributed by atoms with Crippen molar-refractivity contribution in [2.75, 3.05) is 12.4 Å². The van der Waals surface area contributed by atoms with Gasteiger partial charge in [-0.2, -0.15) is 4.73 Å². The summed E-state index contributed by atoms with van der Waals surface area (Å²) in [5, 5.41) is 19.6. The Balaban J connectivity index is 2.68. The van der Waals surface area contributed by atoms with Gasteiger partial charge in [0.1, 0.15) is 0 Å². The summed E-state index contributed by atoms with van der Waals surface area (Å²) in [6.45, 7) is 0.0624. The van der Waals surface area contributed by atoms with Crippen LogP contribution in [0.25, 0.3) is 0 Å². The molecule has 0 aliphatic rings. The number of nitrogens with zero attached hydrogens (tertiary/aromatic N) is 1. The van der Waals surface area contributed by atoms with Gasteiger partial charge in [0.05, 0.1) is 5.75 Å². The molecule has 0 amide bonds. The van der Waals surface area contributed by atoms with E-state index in [1.165, 1.54) is 24.4 Å². The van der Waals surface area contributed by atoms with Crippen LogP contribution < -0.4 is 4.73 Å². The van der Waals surface area contributed by atoms with Gasteiger partial charge in [-0.1, -0.05) is 6.42 Å². The van der Waals surface area contributed by atoms with Crippen LogP contribution in [0, 0.1) is 5.21 Å². The van der Waals surface area contributed by atoms with Crippen LogP contribution in [0.3, 0.4) is 0 Å². The molecular weight excluding hydrogens is 230 g/mol. The van der Waals surface area contributed by atoms with Crippen molar-refractivity contribution in [3.8, 4) is 0 Å². The third kappa shape index (κ3) is 3.46. The predicted octanol–water partition coefficient (Wildman–Crippen LogP) is 0.256. The van der Waals surface area contributed by atoms with E-state index in [1.54, 1.807) is 0 Å². The van der Waals surface area contributed by atoms with E-state index in [2.05, 4.69) is 0 Å². The van der Waals surface area contributed by atoms with Crippen LogP contribution in [-0.2, 0) is 9.84 Å². The molecule has 0 spiro atoms. The number of rotatable bonds is 6. The normalized spacial score (nSPS) is 11.6. The van der Waals surface area contributed by atoms with Crippen molar-refractivity contribution in [3.05, 3.63) is 29.6 Å². The Hall–Kier alpha value is -1.14. The van der Waals surface area contributed by atoms with Crippen molar-refractivity contribution in [1.29, 1.82) is 0 Å². The highest BCUT2D eigenvalue weighted by Crippen LogP contribution is 2.08. The fourth-order valence-corrected chi connectivity index (χ4v) is 2.75. The van der Waals surface area contributed by atoms with E-state index in [9.17, 15) is 13.6 Å². The van der Waals surface area contributed by atoms with Crippen molar-refractivity contribution < 1.29 is 18.3 Å². The summed E-state index contributed by atoms with van der Waals surface area (Å²) < 4.78 is 23.8. The smallest absolute Gasteiger partial charge is 0.308 e. The Morgan fingerprint density at radius 2 is 2.00 bits per heavy atom. The SMILES string of the molecule is O=S(=O)(CCCCCO)c1cccc[n+]1[O-]. The first kappa shape index (κ1) is 12.9. The molecular formula is C10H15NO4S. The van der Waals surface area contributed by atoms with Gasteiger partial charge in [-0.05, 0) is 18.9 Å². The predicted molar refractivity (Wildman–Crippen MR) is 58.4 cm³/mol. The van der Waals surface area contributed by atoms with Crippen LogP contribution in [-0.4, -0.2) is 25.9 Å². The fraction of sp³-hybridized carbons (Fsp3) is 0.500. The van der Waals surface area contributed by atoms with Crippen molar-refractivity contribution in [1.82, 2.24) is 0 Å². The molecule has 0 radical (unpaired) electrons. The maximum Gasteiger partial charge on any atom is 0.308 e. The molecule has 1 rings (SSSR count). The van der Waals surface area contributed by atoms with Gasteiger partial charge in [0.25, 0.3) is 0 Å². The molecule has 1 heterocycles. The lowest BCUT2D eigenvalue weighted by Crippen LogP contribution is -2.34. The minimum atomic E-state index is -3.50. The van der Waals surface area contributed by atoms with E-state index in [1.807, 2.05) is 0 Å². The number of hydrogen-bond donors (Lipinski definition) is 1. The molecule has 0 bridgehead atoms. The van der Waals surface area contributed by atoms with Gasteiger partial charge in [-0.3, -0.25) is 0 Å². The zero-order chi connectivity index (χ0) is 12.0. The molecule has 1 N–H and O–H groups in total. The highest BCUT2D eigenvalue weighted by Gasteiger charge is 2.22. The summed E-state index contributed by atoms with van der Waals surface area (Å²) >= 11 is 0. The van der Waals surface area contributed by atoms with Gasteiger partial charge in [-0.25, -0.2) is 8.42 Å². The molecule has 0 aliphatic heterocycles. The topological polar surface area (TPSA) is 81.3 Å². The fourth-order valence-electron chi connectivity index (χ4n) is 1.34. The molecule has 0 aliphatic carbocycles. The van der Waals surface area contributed by atoms with E-state index < -0.39 is 9.84 Å². The molecule has 1 aromatic rings. The van der Waals surface area contributed by atoms with Crippen LogP contribution in [0.1, 0.15) is 19.3 Å². The van der Waals surface area contributed by atoms with E-state index in [-0.39, 0.29) is 17.4 Å². The third-order valence-corrected chi connectivity index (χ3v) is 3.96. The van der Waals surface area contributed by atoms with Crippen LogP contribution in [0.4, 0.5) is 0 Å². The molecule has 5 nitrogen and oxygen atoms in total. The summed E-state index contributed by atoms with van der Waals surface area (Å²) in [7, 11) is -3.50. The standard InChI is InChI=1S/C10H15NO4S/c12-8-4-1-5-9-16(14,15)10-6-2-3-7-11(10)13/h2-3,6-7,12H,1,4-5,8-9H2. The zero-order valence-corrected chi connectivity index (χ0v) is 9.69. The molecule has 0 aromatic carbocycles. The third-order valence-electron chi connectivity index (χ3n) is 2.18. The number of hydrogen-bond acceptors (Lipinski definition) is 4. The molecule has 0 saturated carbocycles. The van der Waals surface area contributed by atoms with Gasteiger partial charge in [0.2, 0.25) is 9.84 Å². The molecule has 0 saturated heterocycles. The average molecular weight is 245 g/mol. The van der Waals surface area contributed by atoms with Crippen LogP contribution >= 0.6 is 0 Å². The molecule has 90 valence electrons. The summed E-state index contributed by atoms with van der Waals surface area (Å²) in [4.78, 5) is 0. The Kier molecular flexibility index (Phi) is 4.70. The first-order valence-electron chi connectivity index (χ1n) is 5.10. The maximum absolute atomic E-state index is 11.7. The highest BCUT2D eigenvalue weighted by atomic mass is 32.2. The van der Waals surface area contributed by atoms with Gasteiger partial charge in [0, 0.05) is 18.7 Å². The average Bonchev–Trinajstić information content (AvgIpc) is 2.25.